The summed E-state index contributed by atoms with van der Waals surface area (Å²) in [6.45, 7) is 1.83. The van der Waals surface area contributed by atoms with Crippen LogP contribution in [0.2, 0.25) is 0 Å². The third kappa shape index (κ3) is 3.36. The number of benzene rings is 1. The highest BCUT2D eigenvalue weighted by atomic mass is 16.4. The number of nitrogens with zero attached hydrogens (tertiary/aromatic N) is 3. The number of amidine groups is 1. The highest BCUT2D eigenvalue weighted by Crippen LogP contribution is 2.36. The van der Waals surface area contributed by atoms with E-state index in [-0.39, 0.29) is 5.84 Å². The van der Waals surface area contributed by atoms with Crippen LogP contribution < -0.4 is 5.73 Å². The number of oxime groups is 1. The number of hydrogen-bond donors (Lipinski definition) is 2. The van der Waals surface area contributed by atoms with Gasteiger partial charge in [-0.05, 0) is 46.0 Å². The van der Waals surface area contributed by atoms with E-state index in [0.717, 1.165) is 24.2 Å². The van der Waals surface area contributed by atoms with E-state index in [9.17, 15) is 0 Å². The van der Waals surface area contributed by atoms with E-state index in [1.165, 1.54) is 19.3 Å². The average molecular weight is 290 g/mol. The van der Waals surface area contributed by atoms with Crippen molar-refractivity contribution in [2.24, 2.45) is 10.9 Å². The van der Waals surface area contributed by atoms with Gasteiger partial charge in [-0.15, -0.1) is 0 Å². The first-order valence-electron chi connectivity index (χ1n) is 7.40. The van der Waals surface area contributed by atoms with Crippen molar-refractivity contribution < 1.29 is 5.21 Å². The maximum Gasteiger partial charge on any atom is 0.170 e. The Kier molecular flexibility index (Phi) is 4.85. The lowest BCUT2D eigenvalue weighted by Gasteiger charge is -2.49. The molecule has 0 aromatic heterocycles. The lowest BCUT2D eigenvalue weighted by molar-refractivity contribution is 0.0259. The van der Waals surface area contributed by atoms with Gasteiger partial charge in [0.05, 0.1) is 0 Å². The van der Waals surface area contributed by atoms with Gasteiger partial charge in [-0.2, -0.15) is 0 Å². The summed E-state index contributed by atoms with van der Waals surface area (Å²) in [6, 6.07) is 7.82. The van der Waals surface area contributed by atoms with Crippen molar-refractivity contribution in [1.29, 1.82) is 0 Å². The molecule has 0 spiro atoms. The molecule has 5 nitrogen and oxygen atoms in total. The Labute approximate surface area is 127 Å². The summed E-state index contributed by atoms with van der Waals surface area (Å²) in [5.74, 6) is 0.171. The minimum absolute atomic E-state index is 0.171. The fourth-order valence-corrected chi connectivity index (χ4v) is 3.14. The molecule has 1 saturated carbocycles. The molecule has 116 valence electrons. The first-order chi connectivity index (χ1) is 9.98. The molecule has 2 rings (SSSR count). The van der Waals surface area contributed by atoms with Crippen molar-refractivity contribution in [3.8, 4) is 0 Å². The summed E-state index contributed by atoms with van der Waals surface area (Å²) < 4.78 is 0. The van der Waals surface area contributed by atoms with E-state index in [4.69, 9.17) is 10.9 Å². The third-order valence-electron chi connectivity index (χ3n) is 4.64. The number of nitrogens with two attached hydrogens (primary N) is 1. The van der Waals surface area contributed by atoms with Crippen molar-refractivity contribution in [3.63, 3.8) is 0 Å². The topological polar surface area (TPSA) is 65.1 Å². The van der Waals surface area contributed by atoms with Gasteiger partial charge in [-0.1, -0.05) is 29.4 Å². The molecule has 21 heavy (non-hydrogen) atoms. The Hall–Kier alpha value is -1.59. The highest BCUT2D eigenvalue weighted by Gasteiger charge is 2.39. The molecular formula is C16H26N4O. The average Bonchev–Trinajstić information content (AvgIpc) is 2.42. The van der Waals surface area contributed by atoms with Crippen molar-refractivity contribution in [1.82, 2.24) is 9.80 Å². The van der Waals surface area contributed by atoms with Gasteiger partial charge in [0.1, 0.15) is 0 Å². The molecule has 1 aliphatic rings. The largest absolute Gasteiger partial charge is 0.409 e. The van der Waals surface area contributed by atoms with Gasteiger partial charge in [-0.25, -0.2) is 0 Å². The third-order valence-corrected chi connectivity index (χ3v) is 4.64. The molecule has 0 radical (unpaired) electrons. The molecular weight excluding hydrogens is 264 g/mol. The molecule has 5 heteroatoms. The van der Waals surface area contributed by atoms with Crippen molar-refractivity contribution in [2.75, 3.05) is 27.7 Å². The number of likely N-dealkylation sites (N-methyl/N-ethyl adjacent to an activating group) is 2. The zero-order chi connectivity index (χ0) is 15.5. The van der Waals surface area contributed by atoms with Gasteiger partial charge < -0.3 is 20.7 Å². The van der Waals surface area contributed by atoms with E-state index in [1.807, 2.05) is 24.3 Å². The van der Waals surface area contributed by atoms with Crippen LogP contribution >= 0.6 is 0 Å². The Morgan fingerprint density at radius 3 is 2.48 bits per heavy atom. The molecule has 1 aliphatic carbocycles. The second-order valence-electron chi connectivity index (χ2n) is 6.29. The van der Waals surface area contributed by atoms with E-state index in [1.54, 1.807) is 0 Å². The van der Waals surface area contributed by atoms with Gasteiger partial charge >= 0.3 is 0 Å². The molecule has 1 fully saturated rings. The first kappa shape index (κ1) is 15.8. The fourth-order valence-electron chi connectivity index (χ4n) is 3.14. The van der Waals surface area contributed by atoms with Crippen LogP contribution in [0.3, 0.4) is 0 Å². The van der Waals surface area contributed by atoms with Gasteiger partial charge in [0.2, 0.25) is 0 Å². The van der Waals surface area contributed by atoms with Crippen LogP contribution in [0.4, 0.5) is 0 Å². The predicted octanol–water partition coefficient (Wildman–Crippen LogP) is 1.70. The second kappa shape index (κ2) is 6.45. The van der Waals surface area contributed by atoms with Crippen LogP contribution in [0, 0.1) is 0 Å². The minimum Gasteiger partial charge on any atom is -0.409 e. The van der Waals surface area contributed by atoms with Crippen LogP contribution in [0.5, 0.6) is 0 Å². The van der Waals surface area contributed by atoms with Crippen LogP contribution in [-0.2, 0) is 6.54 Å². The quantitative estimate of drug-likeness (QED) is 0.362. The summed E-state index contributed by atoms with van der Waals surface area (Å²) in [5, 5.41) is 12.0. The molecule has 3 N–H and O–H groups in total. The molecule has 1 aromatic carbocycles. The van der Waals surface area contributed by atoms with Crippen LogP contribution in [0.1, 0.15) is 30.4 Å². The molecule has 0 bridgehead atoms. The maximum atomic E-state index is 8.90. The standard InChI is InChI=1S/C16H26N4O/c1-19(2)16(9-6-10-16)12-20(3)11-13-7-4-5-8-14(13)15(17)18-21/h4-5,7-8,21H,6,9-12H2,1-3H3,(H2,17,18). The highest BCUT2D eigenvalue weighted by molar-refractivity contribution is 5.98. The molecule has 0 saturated heterocycles. The van der Waals surface area contributed by atoms with Gasteiger partial charge in [0, 0.05) is 24.2 Å². The summed E-state index contributed by atoms with van der Waals surface area (Å²) in [6.07, 6.45) is 3.82. The Morgan fingerprint density at radius 2 is 1.95 bits per heavy atom. The summed E-state index contributed by atoms with van der Waals surface area (Å²) in [5.41, 5.74) is 7.95. The molecule has 0 amide bonds. The SMILES string of the molecule is CN(Cc1ccccc1/C(N)=N/O)CC1(N(C)C)CCC1. The number of hydrogen-bond acceptors (Lipinski definition) is 4. The van der Waals surface area contributed by atoms with Crippen LogP contribution in [-0.4, -0.2) is 54.1 Å². The summed E-state index contributed by atoms with van der Waals surface area (Å²) in [4.78, 5) is 4.67. The molecule has 0 aliphatic heterocycles. The first-order valence-corrected chi connectivity index (χ1v) is 7.40. The van der Waals surface area contributed by atoms with Gasteiger partial charge in [0.15, 0.2) is 5.84 Å². The van der Waals surface area contributed by atoms with Crippen LogP contribution in [0.15, 0.2) is 29.4 Å². The smallest absolute Gasteiger partial charge is 0.170 e. The lowest BCUT2D eigenvalue weighted by Crippen LogP contribution is -2.56. The summed E-state index contributed by atoms with van der Waals surface area (Å²) in [7, 11) is 6.46. The van der Waals surface area contributed by atoms with Gasteiger partial charge in [-0.3, -0.25) is 0 Å². The van der Waals surface area contributed by atoms with E-state index < -0.39 is 0 Å². The lowest BCUT2D eigenvalue weighted by atomic mass is 9.75. The monoisotopic (exact) mass is 290 g/mol. The summed E-state index contributed by atoms with van der Waals surface area (Å²) >= 11 is 0. The van der Waals surface area contributed by atoms with E-state index >= 15 is 0 Å². The Bertz CT molecular complexity index is 509. The molecule has 0 unspecified atom stereocenters. The molecule has 0 heterocycles. The van der Waals surface area contributed by atoms with E-state index in [0.29, 0.717) is 5.54 Å². The van der Waals surface area contributed by atoms with Crippen LogP contribution in [0.25, 0.3) is 0 Å². The minimum atomic E-state index is 0.171. The Morgan fingerprint density at radius 1 is 1.29 bits per heavy atom. The predicted molar refractivity (Wildman–Crippen MR) is 85.6 cm³/mol. The van der Waals surface area contributed by atoms with E-state index in [2.05, 4.69) is 36.1 Å². The van der Waals surface area contributed by atoms with Crippen molar-refractivity contribution in [3.05, 3.63) is 35.4 Å². The second-order valence-corrected chi connectivity index (χ2v) is 6.29. The molecule has 1 aromatic rings. The number of rotatable bonds is 6. The maximum absolute atomic E-state index is 8.90. The molecule has 0 atom stereocenters. The van der Waals surface area contributed by atoms with Gasteiger partial charge in [0.25, 0.3) is 0 Å². The van der Waals surface area contributed by atoms with Crippen molar-refractivity contribution in [2.45, 2.75) is 31.3 Å². The van der Waals surface area contributed by atoms with Crippen molar-refractivity contribution >= 4 is 5.84 Å². The zero-order valence-electron chi connectivity index (χ0n) is 13.2. The Balaban J connectivity index is 2.08. The fraction of sp³-hybridized carbons (Fsp3) is 0.562. The zero-order valence-corrected chi connectivity index (χ0v) is 13.2. The normalized spacial score (nSPS) is 18.0.